The third-order valence-electron chi connectivity index (χ3n) is 6.21. The molecule has 0 saturated carbocycles. The minimum absolute atomic E-state index is 0. The lowest BCUT2D eigenvalue weighted by Crippen LogP contribution is -2.30. The number of ether oxygens (including phenoxy) is 2. The Morgan fingerprint density at radius 1 is 1.18 bits per heavy atom. The van der Waals surface area contributed by atoms with Crippen molar-refractivity contribution in [1.82, 2.24) is 10.2 Å². The highest BCUT2D eigenvalue weighted by atomic mass is 79.9. The molecule has 38 heavy (non-hydrogen) atoms. The molecule has 1 aliphatic rings. The summed E-state index contributed by atoms with van der Waals surface area (Å²) in [7, 11) is 5.30. The van der Waals surface area contributed by atoms with Crippen molar-refractivity contribution < 1.29 is 19.1 Å². The molecule has 0 bridgehead atoms. The summed E-state index contributed by atoms with van der Waals surface area (Å²) in [6.07, 6.45) is 0. The van der Waals surface area contributed by atoms with Crippen molar-refractivity contribution in [3.05, 3.63) is 52.1 Å². The van der Waals surface area contributed by atoms with Gasteiger partial charge in [-0.2, -0.15) is 5.26 Å². The first-order chi connectivity index (χ1) is 17.4. The van der Waals surface area contributed by atoms with Gasteiger partial charge in [0.1, 0.15) is 11.9 Å². The number of benzene rings is 2. The van der Waals surface area contributed by atoms with Crippen LogP contribution < -0.4 is 19.7 Å². The zero-order chi connectivity index (χ0) is 27.5. The fourth-order valence-electron chi connectivity index (χ4n) is 4.36. The Hall–Kier alpha value is -3.58. The summed E-state index contributed by atoms with van der Waals surface area (Å²) < 4.78 is 11.5. The maximum Gasteiger partial charge on any atom is 0.253 e. The number of nitrogens with one attached hydrogen (secondary N) is 2. The second-order valence-electron chi connectivity index (χ2n) is 10.1. The normalized spacial score (nSPS) is 12.3. The second kappa shape index (κ2) is 12.3. The number of nitrogens with zero attached hydrogens (tertiary/aromatic N) is 3. The van der Waals surface area contributed by atoms with Crippen LogP contribution in [0.15, 0.2) is 24.3 Å². The van der Waals surface area contributed by atoms with Crippen LogP contribution in [0.4, 0.5) is 5.69 Å². The van der Waals surface area contributed by atoms with Gasteiger partial charge in [-0.15, -0.1) is 17.0 Å². The van der Waals surface area contributed by atoms with E-state index in [-0.39, 0.29) is 53.1 Å². The van der Waals surface area contributed by atoms with E-state index in [1.165, 1.54) is 0 Å². The maximum atomic E-state index is 13.5. The molecule has 0 aromatic heterocycles. The van der Waals surface area contributed by atoms with Gasteiger partial charge in [0.25, 0.3) is 5.91 Å². The van der Waals surface area contributed by atoms with E-state index in [9.17, 15) is 9.59 Å². The number of hydrogen-bond acceptors (Lipinski definition) is 7. The van der Waals surface area contributed by atoms with Crippen molar-refractivity contribution in [3.63, 3.8) is 0 Å². The fraction of sp³-hybridized carbons (Fsp3) is 0.429. The number of amides is 1. The Morgan fingerprint density at radius 2 is 1.87 bits per heavy atom. The first-order valence-corrected chi connectivity index (χ1v) is 12.2. The molecule has 10 heteroatoms. The summed E-state index contributed by atoms with van der Waals surface area (Å²) in [5, 5.41) is 20.4. The molecule has 0 radical (unpaired) electrons. The SMILES string of the molecule is Br.CCOc1cc(C(=O)CN2Cc3cc(N(C)C)c(C(=O)NC)cc3C2=N)cc(C(C)(C)C)c1OCC#N. The third-order valence-corrected chi connectivity index (χ3v) is 6.21. The lowest BCUT2D eigenvalue weighted by Gasteiger charge is -2.25. The lowest BCUT2D eigenvalue weighted by molar-refractivity contribution is 0.0955. The van der Waals surface area contributed by atoms with Crippen molar-refractivity contribution in [2.24, 2.45) is 0 Å². The van der Waals surface area contributed by atoms with Crippen LogP contribution in [0.5, 0.6) is 11.5 Å². The number of hydrogen-bond donors (Lipinski definition) is 2. The van der Waals surface area contributed by atoms with E-state index < -0.39 is 0 Å². The number of carbonyl (C=O) groups is 2. The highest BCUT2D eigenvalue weighted by Crippen LogP contribution is 2.40. The van der Waals surface area contributed by atoms with Gasteiger partial charge in [0.2, 0.25) is 0 Å². The zero-order valence-electron chi connectivity index (χ0n) is 23.0. The standard InChI is InChI=1S/C28H35N5O4.BrH/c1-8-36-24-13-17(11-21(28(2,3)4)25(24)37-10-9-29)23(34)16-33-15-18-12-22(32(6)7)20(27(35)31-5)14-19(18)26(33)30;/h11-14,30H,8,10,15-16H2,1-7H3,(H,31,35);1H. The first-order valence-electron chi connectivity index (χ1n) is 12.2. The van der Waals surface area contributed by atoms with Crippen LogP contribution in [-0.4, -0.2) is 63.3 Å². The van der Waals surface area contributed by atoms with E-state index in [1.807, 2.05) is 58.8 Å². The Kier molecular flexibility index (Phi) is 9.93. The predicted octanol–water partition coefficient (Wildman–Crippen LogP) is 4.31. The molecule has 2 aromatic rings. The van der Waals surface area contributed by atoms with Gasteiger partial charge in [0.15, 0.2) is 23.9 Å². The maximum absolute atomic E-state index is 13.5. The summed E-state index contributed by atoms with van der Waals surface area (Å²) in [4.78, 5) is 29.5. The molecule has 3 rings (SSSR count). The number of rotatable bonds is 9. The molecule has 0 spiro atoms. The molecule has 1 heterocycles. The number of halogens is 1. The van der Waals surface area contributed by atoms with Crippen LogP contribution in [-0.2, 0) is 12.0 Å². The number of Topliss-reactive ketones (excluding diaryl/α,β-unsaturated/α-hetero) is 1. The van der Waals surface area contributed by atoms with E-state index >= 15 is 0 Å². The monoisotopic (exact) mass is 585 g/mol. The van der Waals surface area contributed by atoms with Gasteiger partial charge in [0, 0.05) is 50.1 Å². The second-order valence-corrected chi connectivity index (χ2v) is 10.1. The van der Waals surface area contributed by atoms with Gasteiger partial charge in [-0.3, -0.25) is 15.0 Å². The highest BCUT2D eigenvalue weighted by molar-refractivity contribution is 8.93. The predicted molar refractivity (Wildman–Crippen MR) is 153 cm³/mol. The van der Waals surface area contributed by atoms with Gasteiger partial charge in [-0.25, -0.2) is 0 Å². The van der Waals surface area contributed by atoms with Crippen molar-refractivity contribution in [1.29, 1.82) is 10.7 Å². The average Bonchev–Trinajstić information content (AvgIpc) is 3.15. The van der Waals surface area contributed by atoms with Gasteiger partial charge in [0.05, 0.1) is 18.7 Å². The van der Waals surface area contributed by atoms with Crippen LogP contribution in [0.1, 0.15) is 65.1 Å². The van der Waals surface area contributed by atoms with Crippen LogP contribution in [0.25, 0.3) is 0 Å². The molecule has 0 unspecified atom stereocenters. The van der Waals surface area contributed by atoms with E-state index in [1.54, 1.807) is 30.1 Å². The Morgan fingerprint density at radius 3 is 2.42 bits per heavy atom. The molecule has 1 aliphatic heterocycles. The Bertz CT molecular complexity index is 1280. The van der Waals surface area contributed by atoms with E-state index in [2.05, 4.69) is 5.32 Å². The quantitative estimate of drug-likeness (QED) is 0.421. The molecule has 2 N–H and O–H groups in total. The molecule has 0 aliphatic carbocycles. The molecular formula is C28H36BrN5O4. The smallest absolute Gasteiger partial charge is 0.253 e. The third kappa shape index (κ3) is 6.27. The Balaban J connectivity index is 0.00000507. The molecule has 204 valence electrons. The molecule has 2 aromatic carbocycles. The first kappa shape index (κ1) is 30.6. The van der Waals surface area contributed by atoms with Crippen LogP contribution >= 0.6 is 17.0 Å². The average molecular weight is 587 g/mol. The highest BCUT2D eigenvalue weighted by Gasteiger charge is 2.31. The molecule has 1 amide bonds. The molecule has 0 atom stereocenters. The molecular weight excluding hydrogens is 550 g/mol. The van der Waals surface area contributed by atoms with Crippen molar-refractivity contribution in [2.45, 2.75) is 39.7 Å². The van der Waals surface area contributed by atoms with E-state index in [0.29, 0.717) is 41.3 Å². The van der Waals surface area contributed by atoms with Crippen LogP contribution in [0.3, 0.4) is 0 Å². The summed E-state index contributed by atoms with van der Waals surface area (Å²) in [6.45, 7) is 8.48. The van der Waals surface area contributed by atoms with Gasteiger partial charge < -0.3 is 24.6 Å². The van der Waals surface area contributed by atoms with Crippen molar-refractivity contribution in [2.75, 3.05) is 45.8 Å². The van der Waals surface area contributed by atoms with E-state index in [0.717, 1.165) is 16.8 Å². The van der Waals surface area contributed by atoms with Gasteiger partial charge in [-0.1, -0.05) is 20.8 Å². The van der Waals surface area contributed by atoms with E-state index in [4.69, 9.17) is 20.1 Å². The molecule has 9 nitrogen and oxygen atoms in total. The summed E-state index contributed by atoms with van der Waals surface area (Å²) in [5.74, 6) is 0.681. The number of anilines is 1. The minimum Gasteiger partial charge on any atom is -0.490 e. The summed E-state index contributed by atoms with van der Waals surface area (Å²) >= 11 is 0. The van der Waals surface area contributed by atoms with Crippen LogP contribution in [0, 0.1) is 16.7 Å². The van der Waals surface area contributed by atoms with Crippen molar-refractivity contribution in [3.8, 4) is 17.6 Å². The lowest BCUT2D eigenvalue weighted by atomic mass is 9.84. The number of ketones is 1. The summed E-state index contributed by atoms with van der Waals surface area (Å²) in [6, 6.07) is 9.06. The number of amidine groups is 1. The largest absolute Gasteiger partial charge is 0.490 e. The zero-order valence-corrected chi connectivity index (χ0v) is 24.7. The van der Waals surface area contributed by atoms with Gasteiger partial charge in [-0.05, 0) is 42.2 Å². The van der Waals surface area contributed by atoms with Crippen LogP contribution in [0.2, 0.25) is 0 Å². The molecule has 0 saturated heterocycles. The fourth-order valence-corrected chi connectivity index (χ4v) is 4.36. The molecule has 0 fully saturated rings. The number of carbonyl (C=O) groups excluding carboxylic acids is 2. The topological polar surface area (TPSA) is 119 Å². The number of fused-ring (bicyclic) bond motifs is 1. The van der Waals surface area contributed by atoms with Crippen molar-refractivity contribution >= 4 is 40.2 Å². The number of nitriles is 1. The summed E-state index contributed by atoms with van der Waals surface area (Å²) in [5.41, 5.74) is 3.60. The van der Waals surface area contributed by atoms with Gasteiger partial charge >= 0.3 is 0 Å². The Labute approximate surface area is 235 Å². The minimum atomic E-state index is -0.373.